The van der Waals surface area contributed by atoms with E-state index in [2.05, 4.69) is 107 Å². The lowest BCUT2D eigenvalue weighted by molar-refractivity contribution is -0.356. The van der Waals surface area contributed by atoms with E-state index in [1.54, 1.807) is 0 Å². The minimum Gasteiger partial charge on any atom is -0.418 e. The van der Waals surface area contributed by atoms with Crippen molar-refractivity contribution in [3.8, 4) is 22.4 Å². The molecule has 0 fully saturated rings. The van der Waals surface area contributed by atoms with Gasteiger partial charge in [0.05, 0.1) is 16.5 Å². The average Bonchev–Trinajstić information content (AvgIpc) is 3.64. The van der Waals surface area contributed by atoms with Crippen LogP contribution in [0.4, 0.5) is 23.1 Å². The number of aromatic amines is 1. The number of alkyl halides is 2. The van der Waals surface area contributed by atoms with Crippen molar-refractivity contribution in [2.75, 3.05) is 5.34 Å². The molecule has 3 nitrogen and oxygen atoms in total. The first-order chi connectivity index (χ1) is 20.8. The van der Waals surface area contributed by atoms with E-state index < -0.39 is 7.25 Å². The van der Waals surface area contributed by atoms with Crippen LogP contribution < -0.4 is 4.99 Å². The fraction of sp³-hybridized carbons (Fsp3) is 0.0303. The molecule has 2 N–H and O–H groups in total. The van der Waals surface area contributed by atoms with Crippen LogP contribution in [0, 0.1) is 0 Å². The van der Waals surface area contributed by atoms with Gasteiger partial charge in [0.25, 0.3) is 5.84 Å². The molecular weight excluding hydrogens is 596 g/mol. The number of nitrogens with one attached hydrogen (secondary N) is 2. The monoisotopic (exact) mass is 621 g/mol. The van der Waals surface area contributed by atoms with E-state index in [1.165, 1.54) is 0 Å². The van der Waals surface area contributed by atoms with Crippen molar-refractivity contribution in [3.63, 3.8) is 0 Å². The van der Waals surface area contributed by atoms with Crippen LogP contribution >= 0.6 is 23.2 Å². The van der Waals surface area contributed by atoms with Gasteiger partial charge < -0.3 is 17.3 Å². The Bertz CT molecular complexity index is 1680. The van der Waals surface area contributed by atoms with Crippen LogP contribution in [0.5, 0.6) is 0 Å². The second-order valence-electron chi connectivity index (χ2n) is 9.06. The quantitative estimate of drug-likeness (QED) is 0.112. The molecule has 1 aliphatic rings. The van der Waals surface area contributed by atoms with E-state index in [1.807, 2.05) is 36.4 Å². The normalized spacial score (nSPS) is 13.3. The third-order valence-corrected chi connectivity index (χ3v) is 6.15. The number of halogens is 6. The van der Waals surface area contributed by atoms with E-state index in [9.17, 15) is 17.3 Å². The molecule has 4 aromatic carbocycles. The first kappa shape index (κ1) is 31.5. The van der Waals surface area contributed by atoms with Crippen molar-refractivity contribution in [1.82, 2.24) is 4.98 Å². The van der Waals surface area contributed by atoms with Crippen LogP contribution in [-0.2, 0) is 0 Å². The van der Waals surface area contributed by atoms with Gasteiger partial charge in [-0.3, -0.25) is 4.98 Å². The zero-order valence-electron chi connectivity index (χ0n) is 22.7. The summed E-state index contributed by atoms with van der Waals surface area (Å²) in [5.74, 6) is 1.75. The number of hydrogen-bond donors (Lipinski definition) is 2. The summed E-state index contributed by atoms with van der Waals surface area (Å²) in [6, 6.07) is 43.8. The summed E-state index contributed by atoms with van der Waals surface area (Å²) in [6.07, 6.45) is 2.16. The van der Waals surface area contributed by atoms with Crippen molar-refractivity contribution >= 4 is 53.4 Å². The summed E-state index contributed by atoms with van der Waals surface area (Å²) in [6.45, 7) is 0. The summed E-state index contributed by atoms with van der Waals surface area (Å²) in [5.41, 5.74) is 8.68. The first-order valence-electron chi connectivity index (χ1n) is 13.2. The van der Waals surface area contributed by atoms with Gasteiger partial charge in [0.2, 0.25) is 5.82 Å². The van der Waals surface area contributed by atoms with Crippen LogP contribution in [-0.4, -0.2) is 29.1 Å². The molecule has 0 amide bonds. The lowest BCUT2D eigenvalue weighted by Gasteiger charge is -2.01. The van der Waals surface area contributed by atoms with Crippen molar-refractivity contribution in [2.24, 2.45) is 4.99 Å². The Kier molecular flexibility index (Phi) is 11.1. The van der Waals surface area contributed by atoms with Gasteiger partial charge in [0.15, 0.2) is 0 Å². The van der Waals surface area contributed by atoms with Gasteiger partial charge in [0.1, 0.15) is 11.4 Å². The molecule has 5 aromatic rings. The van der Waals surface area contributed by atoms with Crippen LogP contribution in [0.1, 0.15) is 11.1 Å². The molecule has 218 valence electrons. The van der Waals surface area contributed by atoms with E-state index >= 15 is 0 Å². The van der Waals surface area contributed by atoms with Gasteiger partial charge in [-0.15, -0.1) is 28.2 Å². The van der Waals surface area contributed by atoms with Gasteiger partial charge >= 0.3 is 7.25 Å². The number of allylic oxidation sites excluding steroid dienone is 1. The molecule has 1 aromatic heterocycles. The van der Waals surface area contributed by atoms with Gasteiger partial charge in [-0.1, -0.05) is 121 Å². The Labute approximate surface area is 257 Å². The smallest absolute Gasteiger partial charge is 0.418 e. The number of rotatable bonds is 5. The molecular formula is C33H26BCl2F4N3. The Hall–Kier alpha value is -4.40. The summed E-state index contributed by atoms with van der Waals surface area (Å²) < 4.78 is 39.0. The van der Waals surface area contributed by atoms with Crippen LogP contribution in [0.25, 0.3) is 28.0 Å². The number of aromatic nitrogens is 1. The third-order valence-electron chi connectivity index (χ3n) is 6.15. The molecule has 0 radical (unpaired) electrons. The predicted molar refractivity (Wildman–Crippen MR) is 171 cm³/mol. The first-order valence-corrected chi connectivity index (χ1v) is 14.2. The topological polar surface area (TPSA) is 42.1 Å². The standard InChI is InChI=1S/C32H23N3.CH2Cl2.BF4/c1-5-13-23(14-6-1)27-21-29(25-17-9-3-10-18-25)33-31(27)35-32-28(24-15-7-2-8-16-24)22-30(34-32)26-19-11-4-12-20-26;2-1-3;2-1(3,4)5/h1-22,33H;1H2;/q;;-1/p+1/b35-32-;;. The highest BCUT2D eigenvalue weighted by Gasteiger charge is 2.26. The number of hydrogen-bond acceptors (Lipinski definition) is 0. The number of H-pyrrole nitrogens is 1. The molecule has 0 unspecified atom stereocenters. The minimum absolute atomic E-state index is 0.194. The molecule has 0 aliphatic carbocycles. The van der Waals surface area contributed by atoms with Crippen LogP contribution in [0.2, 0.25) is 0 Å². The SMILES string of the molecule is C1=C(c2ccccc2)/C(=[NH+]/c2[nH]c(-c3ccccc3)cc2-c2ccccc2)N=C1c1ccccc1.ClCCl.F[B-](F)(F)F. The maximum Gasteiger partial charge on any atom is 0.673 e. The molecule has 0 bridgehead atoms. The van der Waals surface area contributed by atoms with E-state index in [0.29, 0.717) is 0 Å². The number of aliphatic imine (C=N–C) groups is 1. The van der Waals surface area contributed by atoms with Gasteiger partial charge in [0, 0.05) is 11.1 Å². The molecule has 2 heterocycles. The fourth-order valence-corrected chi connectivity index (χ4v) is 4.40. The third kappa shape index (κ3) is 9.30. The minimum atomic E-state index is -6.00. The molecule has 43 heavy (non-hydrogen) atoms. The largest absolute Gasteiger partial charge is 0.673 e. The summed E-state index contributed by atoms with van der Waals surface area (Å²) in [7, 11) is -6.00. The molecule has 0 atom stereocenters. The molecule has 10 heteroatoms. The van der Waals surface area contributed by atoms with Crippen LogP contribution in [0.15, 0.2) is 138 Å². The fourth-order valence-electron chi connectivity index (χ4n) is 4.40. The number of benzene rings is 4. The van der Waals surface area contributed by atoms with Gasteiger partial charge in [-0.25, -0.2) is 4.99 Å². The molecule has 0 saturated carbocycles. The lowest BCUT2D eigenvalue weighted by Crippen LogP contribution is -2.66. The Balaban J connectivity index is 0.000000474. The molecule has 0 saturated heterocycles. The maximum atomic E-state index is 9.75. The Morgan fingerprint density at radius 2 is 1.05 bits per heavy atom. The highest BCUT2D eigenvalue weighted by Crippen LogP contribution is 2.31. The van der Waals surface area contributed by atoms with Crippen molar-refractivity contribution in [3.05, 3.63) is 145 Å². The van der Waals surface area contributed by atoms with Gasteiger partial charge in [-0.2, -0.15) is 0 Å². The summed E-state index contributed by atoms with van der Waals surface area (Å²) in [5, 5.41) is 0.194. The zero-order valence-corrected chi connectivity index (χ0v) is 24.2. The highest BCUT2D eigenvalue weighted by atomic mass is 35.5. The predicted octanol–water partition coefficient (Wildman–Crippen LogP) is 8.77. The average molecular weight is 622 g/mol. The molecule has 1 aliphatic heterocycles. The van der Waals surface area contributed by atoms with E-state index in [4.69, 9.17) is 28.2 Å². The summed E-state index contributed by atoms with van der Waals surface area (Å²) >= 11 is 9.53. The zero-order chi connectivity index (χ0) is 30.7. The second kappa shape index (κ2) is 15.2. The van der Waals surface area contributed by atoms with Crippen LogP contribution in [0.3, 0.4) is 0 Å². The second-order valence-corrected chi connectivity index (χ2v) is 9.87. The van der Waals surface area contributed by atoms with Crippen molar-refractivity contribution < 1.29 is 22.3 Å². The van der Waals surface area contributed by atoms with Crippen molar-refractivity contribution in [2.45, 2.75) is 0 Å². The van der Waals surface area contributed by atoms with E-state index in [0.717, 1.165) is 56.4 Å². The number of nitrogens with zero attached hydrogens (tertiary/aromatic N) is 1. The Morgan fingerprint density at radius 1 is 0.628 bits per heavy atom. The number of amidine groups is 1. The molecule has 6 rings (SSSR count). The maximum absolute atomic E-state index is 9.75. The Morgan fingerprint density at radius 3 is 1.53 bits per heavy atom. The summed E-state index contributed by atoms with van der Waals surface area (Å²) in [4.78, 5) is 12.3. The lowest BCUT2D eigenvalue weighted by atomic mass is 10.0. The molecule has 0 spiro atoms. The van der Waals surface area contributed by atoms with Gasteiger partial charge in [-0.05, 0) is 23.3 Å². The van der Waals surface area contributed by atoms with E-state index in [-0.39, 0.29) is 5.34 Å². The highest BCUT2D eigenvalue weighted by molar-refractivity contribution is 6.50. The van der Waals surface area contributed by atoms with Crippen molar-refractivity contribution in [1.29, 1.82) is 0 Å².